The number of pyridine rings is 1. The summed E-state index contributed by atoms with van der Waals surface area (Å²) < 4.78 is 7.29. The molecule has 0 unspecified atom stereocenters. The Hall–Kier alpha value is -1.91. The van der Waals surface area contributed by atoms with Crippen molar-refractivity contribution in [1.29, 1.82) is 0 Å². The molecule has 5 nitrogen and oxygen atoms in total. The number of esters is 1. The molecule has 0 amide bonds. The van der Waals surface area contributed by atoms with Gasteiger partial charge >= 0.3 is 5.97 Å². The molecule has 1 fully saturated rings. The quantitative estimate of drug-likeness (QED) is 0.791. The van der Waals surface area contributed by atoms with E-state index in [1.54, 1.807) is 29.1 Å². The molecule has 118 valence electrons. The fourth-order valence-corrected chi connectivity index (χ4v) is 3.20. The van der Waals surface area contributed by atoms with E-state index in [-0.39, 0.29) is 12.1 Å². The first-order valence-corrected chi connectivity index (χ1v) is 8.23. The summed E-state index contributed by atoms with van der Waals surface area (Å²) in [4.78, 5) is 12.2. The fraction of sp³-hybridized carbons (Fsp3) is 0.588. The molecule has 1 aliphatic rings. The van der Waals surface area contributed by atoms with Gasteiger partial charge in [0.1, 0.15) is 6.33 Å². The van der Waals surface area contributed by atoms with E-state index in [4.69, 9.17) is 4.74 Å². The molecule has 1 atom stereocenters. The van der Waals surface area contributed by atoms with Crippen molar-refractivity contribution in [3.8, 4) is 0 Å². The van der Waals surface area contributed by atoms with E-state index in [0.29, 0.717) is 5.56 Å². The molecule has 0 aromatic carbocycles. The second-order valence-electron chi connectivity index (χ2n) is 6.31. The lowest BCUT2D eigenvalue weighted by Crippen LogP contribution is -2.17. The van der Waals surface area contributed by atoms with Gasteiger partial charge in [-0.25, -0.2) is 4.79 Å². The molecular formula is C17H23N3O2. The van der Waals surface area contributed by atoms with Gasteiger partial charge in [0.2, 0.25) is 0 Å². The predicted octanol–water partition coefficient (Wildman–Crippen LogP) is 3.64. The summed E-state index contributed by atoms with van der Waals surface area (Å²) in [5.74, 6) is 0.551. The molecule has 2 heterocycles. The van der Waals surface area contributed by atoms with Crippen molar-refractivity contribution in [3.05, 3.63) is 30.2 Å². The maximum atomic E-state index is 12.2. The molecule has 1 aliphatic carbocycles. The Morgan fingerprint density at radius 2 is 2.18 bits per heavy atom. The van der Waals surface area contributed by atoms with E-state index in [0.717, 1.165) is 18.0 Å². The predicted molar refractivity (Wildman–Crippen MR) is 83.7 cm³/mol. The second-order valence-corrected chi connectivity index (χ2v) is 6.31. The Balaban J connectivity index is 1.51. The number of ether oxygens (including phenoxy) is 1. The maximum absolute atomic E-state index is 12.2. The van der Waals surface area contributed by atoms with Gasteiger partial charge in [-0.1, -0.05) is 32.1 Å². The SMILES string of the molecule is C[C@H](CCC1CCCCC1)OC(=O)c1ccc2nncn2c1. The molecule has 0 bridgehead atoms. The molecule has 2 aromatic heterocycles. The Bertz CT molecular complexity index is 632. The highest BCUT2D eigenvalue weighted by molar-refractivity contribution is 5.89. The molecule has 22 heavy (non-hydrogen) atoms. The number of rotatable bonds is 5. The van der Waals surface area contributed by atoms with Gasteiger partial charge in [-0.05, 0) is 37.8 Å². The van der Waals surface area contributed by atoms with Crippen LogP contribution in [0.5, 0.6) is 0 Å². The molecule has 0 aliphatic heterocycles. The lowest BCUT2D eigenvalue weighted by molar-refractivity contribution is 0.0307. The van der Waals surface area contributed by atoms with Gasteiger partial charge in [0, 0.05) is 6.20 Å². The zero-order valence-electron chi connectivity index (χ0n) is 13.1. The summed E-state index contributed by atoms with van der Waals surface area (Å²) in [6.45, 7) is 1.98. The van der Waals surface area contributed by atoms with Crippen molar-refractivity contribution in [2.24, 2.45) is 5.92 Å². The minimum atomic E-state index is -0.272. The van der Waals surface area contributed by atoms with Crippen LogP contribution in [0.15, 0.2) is 24.7 Å². The molecule has 0 spiro atoms. The van der Waals surface area contributed by atoms with Crippen molar-refractivity contribution < 1.29 is 9.53 Å². The number of hydrogen-bond acceptors (Lipinski definition) is 4. The number of fused-ring (bicyclic) bond motifs is 1. The first-order valence-electron chi connectivity index (χ1n) is 8.23. The van der Waals surface area contributed by atoms with Crippen molar-refractivity contribution >= 4 is 11.6 Å². The van der Waals surface area contributed by atoms with Crippen LogP contribution in [0, 0.1) is 5.92 Å². The molecule has 0 radical (unpaired) electrons. The van der Waals surface area contributed by atoms with Gasteiger partial charge in [0.15, 0.2) is 5.65 Å². The Morgan fingerprint density at radius 1 is 1.36 bits per heavy atom. The van der Waals surface area contributed by atoms with Gasteiger partial charge in [-0.2, -0.15) is 0 Å². The lowest BCUT2D eigenvalue weighted by Gasteiger charge is -2.23. The zero-order chi connectivity index (χ0) is 15.4. The third-order valence-corrected chi connectivity index (χ3v) is 4.54. The highest BCUT2D eigenvalue weighted by Crippen LogP contribution is 2.28. The molecule has 0 N–H and O–H groups in total. The van der Waals surface area contributed by atoms with Crippen LogP contribution in [0.2, 0.25) is 0 Å². The molecule has 0 saturated heterocycles. The maximum Gasteiger partial charge on any atom is 0.339 e. The summed E-state index contributed by atoms with van der Waals surface area (Å²) >= 11 is 0. The fourth-order valence-electron chi connectivity index (χ4n) is 3.20. The second kappa shape index (κ2) is 6.90. The first-order chi connectivity index (χ1) is 10.7. The zero-order valence-corrected chi connectivity index (χ0v) is 13.1. The lowest BCUT2D eigenvalue weighted by atomic mass is 9.85. The Labute approximate surface area is 130 Å². The summed E-state index contributed by atoms with van der Waals surface area (Å²) in [5.41, 5.74) is 1.26. The summed E-state index contributed by atoms with van der Waals surface area (Å²) in [6, 6.07) is 3.51. The van der Waals surface area contributed by atoms with Gasteiger partial charge in [0.05, 0.1) is 11.7 Å². The third-order valence-electron chi connectivity index (χ3n) is 4.54. The van der Waals surface area contributed by atoms with E-state index in [2.05, 4.69) is 10.2 Å². The highest BCUT2D eigenvalue weighted by atomic mass is 16.5. The minimum Gasteiger partial charge on any atom is -0.459 e. The smallest absolute Gasteiger partial charge is 0.339 e. The molecular weight excluding hydrogens is 278 g/mol. The Kier molecular flexibility index (Phi) is 4.71. The van der Waals surface area contributed by atoms with Crippen molar-refractivity contribution in [3.63, 3.8) is 0 Å². The van der Waals surface area contributed by atoms with Gasteiger partial charge in [-0.3, -0.25) is 4.40 Å². The summed E-state index contributed by atoms with van der Waals surface area (Å²) in [6.07, 6.45) is 12.2. The van der Waals surface area contributed by atoms with Crippen molar-refractivity contribution in [1.82, 2.24) is 14.6 Å². The Morgan fingerprint density at radius 3 is 3.00 bits per heavy atom. The molecule has 1 saturated carbocycles. The van der Waals surface area contributed by atoms with Gasteiger partial charge in [-0.15, -0.1) is 10.2 Å². The summed E-state index contributed by atoms with van der Waals surface area (Å²) in [7, 11) is 0. The average Bonchev–Trinajstić information content (AvgIpc) is 3.01. The van der Waals surface area contributed by atoms with Gasteiger partial charge < -0.3 is 4.74 Å². The number of hydrogen-bond donors (Lipinski definition) is 0. The third kappa shape index (κ3) is 3.64. The number of aromatic nitrogens is 3. The van der Waals surface area contributed by atoms with Crippen LogP contribution in [0.25, 0.3) is 5.65 Å². The monoisotopic (exact) mass is 301 g/mol. The van der Waals surface area contributed by atoms with Crippen LogP contribution in [-0.4, -0.2) is 26.7 Å². The standard InChI is InChI=1S/C17H23N3O2/c1-13(7-8-14-5-3-2-4-6-14)22-17(21)15-9-10-16-19-18-12-20(16)11-15/h9-14H,2-8H2,1H3/t13-/m1/s1. The van der Waals surface area contributed by atoms with Crippen LogP contribution in [0.3, 0.4) is 0 Å². The minimum absolute atomic E-state index is 0.0361. The van der Waals surface area contributed by atoms with Crippen LogP contribution in [0.4, 0.5) is 0 Å². The average molecular weight is 301 g/mol. The van der Waals surface area contributed by atoms with E-state index in [1.807, 2.05) is 6.92 Å². The van der Waals surface area contributed by atoms with Crippen LogP contribution in [-0.2, 0) is 4.74 Å². The van der Waals surface area contributed by atoms with E-state index < -0.39 is 0 Å². The largest absolute Gasteiger partial charge is 0.459 e. The molecule has 2 aromatic rings. The van der Waals surface area contributed by atoms with E-state index >= 15 is 0 Å². The number of carbonyl (C=O) groups is 1. The van der Waals surface area contributed by atoms with Crippen LogP contribution in [0.1, 0.15) is 62.2 Å². The molecule has 3 rings (SSSR count). The first kappa shape index (κ1) is 15.0. The normalized spacial score (nSPS) is 17.5. The highest BCUT2D eigenvalue weighted by Gasteiger charge is 2.17. The van der Waals surface area contributed by atoms with Crippen LogP contribution >= 0.6 is 0 Å². The number of carbonyl (C=O) groups excluding carboxylic acids is 1. The topological polar surface area (TPSA) is 56.5 Å². The molecule has 5 heteroatoms. The van der Waals surface area contributed by atoms with Crippen molar-refractivity contribution in [2.75, 3.05) is 0 Å². The van der Waals surface area contributed by atoms with Crippen LogP contribution < -0.4 is 0 Å². The van der Waals surface area contributed by atoms with Gasteiger partial charge in [0.25, 0.3) is 0 Å². The van der Waals surface area contributed by atoms with E-state index in [1.165, 1.54) is 38.5 Å². The summed E-state index contributed by atoms with van der Waals surface area (Å²) in [5, 5.41) is 7.73. The van der Waals surface area contributed by atoms with Crippen molar-refractivity contribution in [2.45, 2.75) is 58.0 Å². The number of nitrogens with zero attached hydrogens (tertiary/aromatic N) is 3. The van der Waals surface area contributed by atoms with E-state index in [9.17, 15) is 4.79 Å².